The molecule has 0 radical (unpaired) electrons. The van der Waals surface area contributed by atoms with Gasteiger partial charge in [-0.25, -0.2) is 13.6 Å². The molecule has 0 spiro atoms. The van der Waals surface area contributed by atoms with Gasteiger partial charge >= 0.3 is 6.03 Å². The third kappa shape index (κ3) is 3.81. The molecule has 1 aliphatic carbocycles. The molecule has 1 aromatic carbocycles. The van der Waals surface area contributed by atoms with E-state index in [1.807, 2.05) is 0 Å². The van der Waals surface area contributed by atoms with Crippen LogP contribution in [0.2, 0.25) is 0 Å². The van der Waals surface area contributed by atoms with E-state index in [0.29, 0.717) is 12.8 Å². The zero-order valence-electron chi connectivity index (χ0n) is 11.7. The van der Waals surface area contributed by atoms with Crippen molar-refractivity contribution < 1.29 is 23.4 Å². The Bertz CT molecular complexity index is 502. The van der Waals surface area contributed by atoms with Crippen LogP contribution in [0.4, 0.5) is 19.3 Å². The predicted octanol–water partition coefficient (Wildman–Crippen LogP) is 2.40. The maximum atomic E-state index is 13.5. The fourth-order valence-corrected chi connectivity index (χ4v) is 2.44. The van der Waals surface area contributed by atoms with Gasteiger partial charge in [-0.05, 0) is 12.8 Å². The molecule has 2 atom stereocenters. The highest BCUT2D eigenvalue weighted by atomic mass is 19.1. The van der Waals surface area contributed by atoms with Gasteiger partial charge in [0, 0.05) is 17.8 Å². The van der Waals surface area contributed by atoms with Crippen LogP contribution in [0.25, 0.3) is 0 Å². The van der Waals surface area contributed by atoms with Crippen LogP contribution in [0.5, 0.6) is 5.75 Å². The number of rotatable bonds is 3. The molecule has 116 valence electrons. The largest absolute Gasteiger partial charge is 0.491 e. The van der Waals surface area contributed by atoms with Gasteiger partial charge in [0.05, 0.1) is 19.3 Å². The lowest BCUT2D eigenvalue weighted by molar-refractivity contribution is 0.0955. The van der Waals surface area contributed by atoms with Gasteiger partial charge in [0.15, 0.2) is 17.4 Å². The number of carbonyl (C=O) groups excluding carboxylic acids is 1. The molecule has 21 heavy (non-hydrogen) atoms. The minimum absolute atomic E-state index is 0.0198. The van der Waals surface area contributed by atoms with Crippen LogP contribution in [0, 0.1) is 11.6 Å². The number of aliphatic hydroxyl groups is 1. The highest BCUT2D eigenvalue weighted by molar-refractivity contribution is 5.89. The Balaban J connectivity index is 1.99. The molecule has 1 fully saturated rings. The maximum absolute atomic E-state index is 13.5. The zero-order chi connectivity index (χ0) is 15.4. The van der Waals surface area contributed by atoms with Crippen molar-refractivity contribution in [2.75, 3.05) is 12.4 Å². The number of aliphatic hydroxyl groups excluding tert-OH is 1. The van der Waals surface area contributed by atoms with Crippen LogP contribution >= 0.6 is 0 Å². The average Bonchev–Trinajstić information content (AvgIpc) is 2.41. The van der Waals surface area contributed by atoms with E-state index in [-0.39, 0.29) is 11.7 Å². The second kappa shape index (κ2) is 6.71. The molecule has 7 heteroatoms. The molecule has 2 amide bonds. The summed E-state index contributed by atoms with van der Waals surface area (Å²) < 4.78 is 31.6. The van der Waals surface area contributed by atoms with Crippen molar-refractivity contribution in [2.45, 2.75) is 37.8 Å². The van der Waals surface area contributed by atoms with Gasteiger partial charge in [-0.15, -0.1) is 0 Å². The quantitative estimate of drug-likeness (QED) is 0.802. The summed E-state index contributed by atoms with van der Waals surface area (Å²) in [5.41, 5.74) is -0.0198. The third-order valence-corrected chi connectivity index (χ3v) is 3.51. The van der Waals surface area contributed by atoms with Crippen molar-refractivity contribution in [1.29, 1.82) is 0 Å². The summed E-state index contributed by atoms with van der Waals surface area (Å²) in [6.07, 6.45) is 2.58. The van der Waals surface area contributed by atoms with Crippen LogP contribution in [-0.2, 0) is 0 Å². The SMILES string of the molecule is COc1c(F)cc(NC(=O)NC2CCCCC2O)cc1F. The molecule has 0 saturated heterocycles. The first-order chi connectivity index (χ1) is 10.0. The number of nitrogens with one attached hydrogen (secondary N) is 2. The second-order valence-corrected chi connectivity index (χ2v) is 5.03. The van der Waals surface area contributed by atoms with Crippen molar-refractivity contribution in [2.24, 2.45) is 0 Å². The lowest BCUT2D eigenvalue weighted by atomic mass is 9.93. The molecule has 0 aromatic heterocycles. The summed E-state index contributed by atoms with van der Waals surface area (Å²) in [6, 6.07) is 0.994. The van der Waals surface area contributed by atoms with E-state index in [1.54, 1.807) is 0 Å². The van der Waals surface area contributed by atoms with Crippen molar-refractivity contribution in [3.63, 3.8) is 0 Å². The van der Waals surface area contributed by atoms with Gasteiger partial charge < -0.3 is 20.5 Å². The van der Waals surface area contributed by atoms with Crippen LogP contribution < -0.4 is 15.4 Å². The van der Waals surface area contributed by atoms with Gasteiger partial charge in [-0.1, -0.05) is 12.8 Å². The Hall–Kier alpha value is -1.89. The molecule has 0 heterocycles. The fourth-order valence-electron chi connectivity index (χ4n) is 2.44. The Morgan fingerprint density at radius 1 is 1.29 bits per heavy atom. The molecule has 0 aliphatic heterocycles. The van der Waals surface area contributed by atoms with Gasteiger partial charge in [-0.3, -0.25) is 0 Å². The maximum Gasteiger partial charge on any atom is 0.319 e. The van der Waals surface area contributed by atoms with Crippen molar-refractivity contribution >= 4 is 11.7 Å². The molecule has 5 nitrogen and oxygen atoms in total. The fraction of sp³-hybridized carbons (Fsp3) is 0.500. The number of anilines is 1. The van der Waals surface area contributed by atoms with Crippen LogP contribution in [0.15, 0.2) is 12.1 Å². The minimum atomic E-state index is -0.898. The summed E-state index contributed by atoms with van der Waals surface area (Å²) in [5, 5.41) is 14.7. The Morgan fingerprint density at radius 2 is 1.90 bits per heavy atom. The number of methoxy groups -OCH3 is 1. The molecule has 1 aromatic rings. The lowest BCUT2D eigenvalue weighted by Crippen LogP contribution is -2.46. The first kappa shape index (κ1) is 15.5. The smallest absolute Gasteiger partial charge is 0.319 e. The number of amides is 2. The molecular weight excluding hydrogens is 282 g/mol. The number of hydrogen-bond acceptors (Lipinski definition) is 3. The average molecular weight is 300 g/mol. The summed E-state index contributed by atoms with van der Waals surface area (Å²) in [6.45, 7) is 0. The van der Waals surface area contributed by atoms with E-state index in [9.17, 15) is 18.7 Å². The summed E-state index contributed by atoms with van der Waals surface area (Å²) >= 11 is 0. The molecule has 1 saturated carbocycles. The number of halogens is 2. The van der Waals surface area contributed by atoms with E-state index in [2.05, 4.69) is 15.4 Å². The number of ether oxygens (including phenoxy) is 1. The van der Waals surface area contributed by atoms with Gasteiger partial charge in [0.25, 0.3) is 0 Å². The minimum Gasteiger partial charge on any atom is -0.491 e. The summed E-state index contributed by atoms with van der Waals surface area (Å²) in [7, 11) is 1.16. The first-order valence-corrected chi connectivity index (χ1v) is 6.80. The van der Waals surface area contributed by atoms with Crippen molar-refractivity contribution in [1.82, 2.24) is 5.32 Å². The van der Waals surface area contributed by atoms with Crippen LogP contribution in [0.3, 0.4) is 0 Å². The van der Waals surface area contributed by atoms with E-state index in [4.69, 9.17) is 0 Å². The van der Waals surface area contributed by atoms with Crippen LogP contribution in [-0.4, -0.2) is 30.4 Å². The molecule has 0 bridgehead atoms. The normalized spacial score (nSPS) is 21.7. The molecule has 2 rings (SSSR count). The van der Waals surface area contributed by atoms with E-state index in [0.717, 1.165) is 32.1 Å². The highest BCUT2D eigenvalue weighted by Crippen LogP contribution is 2.25. The van der Waals surface area contributed by atoms with Crippen molar-refractivity contribution in [3.8, 4) is 5.75 Å². The first-order valence-electron chi connectivity index (χ1n) is 6.80. The van der Waals surface area contributed by atoms with Gasteiger partial charge in [0.1, 0.15) is 0 Å². The van der Waals surface area contributed by atoms with Crippen LogP contribution in [0.1, 0.15) is 25.7 Å². The molecule has 2 unspecified atom stereocenters. The zero-order valence-corrected chi connectivity index (χ0v) is 11.7. The molecular formula is C14H18F2N2O3. The number of benzene rings is 1. The van der Waals surface area contributed by atoms with Crippen molar-refractivity contribution in [3.05, 3.63) is 23.8 Å². The Labute approximate surface area is 121 Å². The third-order valence-electron chi connectivity index (χ3n) is 3.51. The van der Waals surface area contributed by atoms with E-state index >= 15 is 0 Å². The summed E-state index contributed by atoms with van der Waals surface area (Å²) in [4.78, 5) is 11.8. The van der Waals surface area contributed by atoms with Gasteiger partial charge in [0.2, 0.25) is 0 Å². The number of hydrogen-bond donors (Lipinski definition) is 3. The molecule has 1 aliphatic rings. The van der Waals surface area contributed by atoms with Gasteiger partial charge in [-0.2, -0.15) is 0 Å². The van der Waals surface area contributed by atoms with E-state index in [1.165, 1.54) is 0 Å². The summed E-state index contributed by atoms with van der Waals surface area (Å²) in [5.74, 6) is -2.29. The number of urea groups is 1. The van der Waals surface area contributed by atoms with E-state index < -0.39 is 29.5 Å². The highest BCUT2D eigenvalue weighted by Gasteiger charge is 2.24. The molecule has 3 N–H and O–H groups in total. The predicted molar refractivity (Wildman–Crippen MR) is 73.3 cm³/mol. The standard InChI is InChI=1S/C14H18F2N2O3/c1-21-13-9(15)6-8(7-10(13)16)17-14(20)18-11-4-2-3-5-12(11)19/h6-7,11-12,19H,2-5H2,1H3,(H2,17,18,20). The lowest BCUT2D eigenvalue weighted by Gasteiger charge is -2.28. The Morgan fingerprint density at radius 3 is 2.48 bits per heavy atom. The second-order valence-electron chi connectivity index (χ2n) is 5.03. The monoisotopic (exact) mass is 300 g/mol. The Kier molecular flexibility index (Phi) is 4.95. The topological polar surface area (TPSA) is 70.6 Å². The number of carbonyl (C=O) groups is 1.